The highest BCUT2D eigenvalue weighted by Crippen LogP contribution is 2.31. The van der Waals surface area contributed by atoms with Crippen LogP contribution in [0.1, 0.15) is 28.9 Å². The highest BCUT2D eigenvalue weighted by Gasteiger charge is 2.36. The van der Waals surface area contributed by atoms with Gasteiger partial charge < -0.3 is 15.7 Å². The van der Waals surface area contributed by atoms with Crippen LogP contribution in [0, 0.1) is 13.8 Å². The Kier molecular flexibility index (Phi) is 6.53. The van der Waals surface area contributed by atoms with Gasteiger partial charge in [-0.25, -0.2) is 4.79 Å². The van der Waals surface area contributed by atoms with Crippen LogP contribution in [0.4, 0.5) is 10.5 Å². The zero-order chi connectivity index (χ0) is 22.6. The van der Waals surface area contributed by atoms with Gasteiger partial charge in [0.1, 0.15) is 5.60 Å². The van der Waals surface area contributed by atoms with E-state index in [0.29, 0.717) is 13.1 Å². The van der Waals surface area contributed by atoms with Crippen molar-refractivity contribution in [2.24, 2.45) is 0 Å². The number of amides is 2. The number of likely N-dealkylation sites (tertiary alicyclic amines) is 1. The number of rotatable bonds is 6. The molecule has 6 heteroatoms. The summed E-state index contributed by atoms with van der Waals surface area (Å²) in [6, 6.07) is 23.1. The number of hydrogen-bond acceptors (Lipinski definition) is 4. The lowest BCUT2D eigenvalue weighted by molar-refractivity contribution is 0.0428. The zero-order valence-electron chi connectivity index (χ0n) is 18.6. The number of nitrogens with one attached hydrogen (secondary N) is 2. The van der Waals surface area contributed by atoms with Gasteiger partial charge in [0.2, 0.25) is 0 Å². The summed E-state index contributed by atoms with van der Waals surface area (Å²) in [5, 5.41) is 17.8. The van der Waals surface area contributed by atoms with E-state index >= 15 is 0 Å². The van der Waals surface area contributed by atoms with Crippen LogP contribution in [0.15, 0.2) is 72.8 Å². The Morgan fingerprint density at radius 1 is 1.03 bits per heavy atom. The Labute approximate surface area is 189 Å². The largest absolute Gasteiger partial charge is 0.379 e. The zero-order valence-corrected chi connectivity index (χ0v) is 18.6. The van der Waals surface area contributed by atoms with Gasteiger partial charge in [-0.15, -0.1) is 0 Å². The molecule has 2 heterocycles. The number of aliphatic hydroxyl groups is 1. The van der Waals surface area contributed by atoms with Crippen molar-refractivity contribution in [1.82, 2.24) is 15.2 Å². The molecule has 1 fully saturated rings. The Hall–Kier alpha value is -3.22. The van der Waals surface area contributed by atoms with Gasteiger partial charge in [0.05, 0.1) is 0 Å². The standard InChI is InChI=1S/C26H30N4O2/c1-19-15-24(16-20(2)27-19)29-25(31)28-23-13-14-30(17-23)18-26(32,21-9-5-3-6-10-21)22-11-7-4-8-12-22/h3-12,15-16,23,32H,13-14,17-18H2,1-2H3,(H2,27,28,29,31)/t23-/m0/s1. The molecule has 166 valence electrons. The number of benzene rings is 2. The van der Waals surface area contributed by atoms with Gasteiger partial charge in [-0.3, -0.25) is 9.88 Å². The van der Waals surface area contributed by atoms with Crippen molar-refractivity contribution in [1.29, 1.82) is 0 Å². The lowest BCUT2D eigenvalue weighted by Gasteiger charge is -2.33. The molecule has 0 unspecified atom stereocenters. The van der Waals surface area contributed by atoms with Crippen LogP contribution < -0.4 is 10.6 Å². The number of β-amino-alcohol motifs (C(OH)–C–C–N with tert-alkyl or cyclic N) is 1. The second-order valence-corrected chi connectivity index (χ2v) is 8.55. The Bertz CT molecular complexity index is 996. The maximum absolute atomic E-state index is 12.5. The molecule has 3 N–H and O–H groups in total. The molecule has 2 amide bonds. The molecule has 1 aliphatic heterocycles. The van der Waals surface area contributed by atoms with Gasteiger partial charge in [-0.05, 0) is 43.5 Å². The average molecular weight is 431 g/mol. The van der Waals surface area contributed by atoms with Gasteiger partial charge in [-0.1, -0.05) is 60.7 Å². The van der Waals surface area contributed by atoms with Crippen molar-refractivity contribution < 1.29 is 9.90 Å². The molecule has 0 saturated carbocycles. The fraction of sp³-hybridized carbons (Fsp3) is 0.308. The van der Waals surface area contributed by atoms with E-state index < -0.39 is 5.60 Å². The van der Waals surface area contributed by atoms with Crippen LogP contribution in [0.25, 0.3) is 0 Å². The number of carbonyl (C=O) groups is 1. The lowest BCUT2D eigenvalue weighted by atomic mass is 9.86. The monoisotopic (exact) mass is 430 g/mol. The lowest BCUT2D eigenvalue weighted by Crippen LogP contribution is -2.44. The van der Waals surface area contributed by atoms with Crippen LogP contribution in [0.3, 0.4) is 0 Å². The number of pyridine rings is 1. The minimum absolute atomic E-state index is 0.0230. The summed E-state index contributed by atoms with van der Waals surface area (Å²) < 4.78 is 0. The summed E-state index contributed by atoms with van der Waals surface area (Å²) in [4.78, 5) is 19.1. The summed E-state index contributed by atoms with van der Waals surface area (Å²) in [5.74, 6) is 0. The predicted octanol–water partition coefficient (Wildman–Crippen LogP) is 3.83. The maximum atomic E-state index is 12.5. The molecule has 6 nitrogen and oxygen atoms in total. The van der Waals surface area contributed by atoms with Crippen molar-refractivity contribution in [2.45, 2.75) is 31.9 Å². The topological polar surface area (TPSA) is 77.5 Å². The Morgan fingerprint density at radius 3 is 2.16 bits per heavy atom. The maximum Gasteiger partial charge on any atom is 0.319 e. The molecule has 0 radical (unpaired) electrons. The van der Waals surface area contributed by atoms with E-state index in [9.17, 15) is 9.90 Å². The van der Waals surface area contributed by atoms with E-state index in [0.717, 1.165) is 41.2 Å². The first-order chi connectivity index (χ1) is 15.4. The SMILES string of the molecule is Cc1cc(NC(=O)N[C@H]2CCN(CC(O)(c3ccccc3)c3ccccc3)C2)cc(C)n1. The van der Waals surface area contributed by atoms with Crippen LogP contribution in [0.5, 0.6) is 0 Å². The van der Waals surface area contributed by atoms with Crippen molar-refractivity contribution in [3.05, 3.63) is 95.3 Å². The van der Waals surface area contributed by atoms with Crippen LogP contribution in [0.2, 0.25) is 0 Å². The van der Waals surface area contributed by atoms with E-state index in [4.69, 9.17) is 0 Å². The highest BCUT2D eigenvalue weighted by molar-refractivity contribution is 5.89. The van der Waals surface area contributed by atoms with E-state index in [2.05, 4.69) is 20.5 Å². The molecular weight excluding hydrogens is 400 g/mol. The van der Waals surface area contributed by atoms with E-state index in [-0.39, 0.29) is 12.1 Å². The second-order valence-electron chi connectivity index (χ2n) is 8.55. The number of carbonyl (C=O) groups excluding carboxylic acids is 1. The molecular formula is C26H30N4O2. The van der Waals surface area contributed by atoms with Gasteiger partial charge in [0, 0.05) is 42.8 Å². The molecule has 0 spiro atoms. The van der Waals surface area contributed by atoms with Gasteiger partial charge in [-0.2, -0.15) is 0 Å². The van der Waals surface area contributed by atoms with Gasteiger partial charge >= 0.3 is 6.03 Å². The third-order valence-electron chi connectivity index (χ3n) is 5.90. The summed E-state index contributed by atoms with van der Waals surface area (Å²) in [7, 11) is 0. The molecule has 0 aliphatic carbocycles. The second kappa shape index (κ2) is 9.51. The first-order valence-corrected chi connectivity index (χ1v) is 11.0. The normalized spacial score (nSPS) is 16.7. The summed E-state index contributed by atoms with van der Waals surface area (Å²) in [6.45, 7) is 5.77. The molecule has 1 atom stereocenters. The number of nitrogens with zero attached hydrogens (tertiary/aromatic N) is 2. The number of hydrogen-bond donors (Lipinski definition) is 3. The molecule has 1 aromatic heterocycles. The van der Waals surface area contributed by atoms with Crippen molar-refractivity contribution in [2.75, 3.05) is 25.0 Å². The van der Waals surface area contributed by atoms with E-state index in [1.165, 1.54) is 0 Å². The molecule has 3 aromatic rings. The third-order valence-corrected chi connectivity index (χ3v) is 5.90. The highest BCUT2D eigenvalue weighted by atomic mass is 16.3. The van der Waals surface area contributed by atoms with Crippen LogP contribution in [-0.4, -0.2) is 46.7 Å². The molecule has 32 heavy (non-hydrogen) atoms. The summed E-state index contributed by atoms with van der Waals surface area (Å²) in [6.07, 6.45) is 0.835. The van der Waals surface area contributed by atoms with E-state index in [1.54, 1.807) is 0 Å². The predicted molar refractivity (Wildman–Crippen MR) is 127 cm³/mol. The quantitative estimate of drug-likeness (QED) is 0.555. The minimum atomic E-state index is -1.12. The molecule has 1 aliphatic rings. The molecule has 0 bridgehead atoms. The smallest absolute Gasteiger partial charge is 0.319 e. The number of aromatic nitrogens is 1. The van der Waals surface area contributed by atoms with Crippen molar-refractivity contribution in [3.63, 3.8) is 0 Å². The van der Waals surface area contributed by atoms with Crippen molar-refractivity contribution in [3.8, 4) is 0 Å². The Morgan fingerprint density at radius 2 is 1.59 bits per heavy atom. The first kappa shape index (κ1) is 22.0. The number of aryl methyl sites for hydroxylation is 2. The molecule has 1 saturated heterocycles. The van der Waals surface area contributed by atoms with Crippen LogP contribution >= 0.6 is 0 Å². The third kappa shape index (κ3) is 5.15. The fourth-order valence-electron chi connectivity index (χ4n) is 4.45. The molecule has 2 aromatic carbocycles. The van der Waals surface area contributed by atoms with E-state index in [1.807, 2.05) is 86.6 Å². The summed E-state index contributed by atoms with van der Waals surface area (Å²) in [5.41, 5.74) is 3.09. The summed E-state index contributed by atoms with van der Waals surface area (Å²) >= 11 is 0. The Balaban J connectivity index is 1.41. The number of anilines is 1. The number of urea groups is 1. The van der Waals surface area contributed by atoms with Crippen molar-refractivity contribution >= 4 is 11.7 Å². The van der Waals surface area contributed by atoms with Crippen LogP contribution in [-0.2, 0) is 5.60 Å². The minimum Gasteiger partial charge on any atom is -0.379 e. The van der Waals surface area contributed by atoms with Gasteiger partial charge in [0.25, 0.3) is 0 Å². The average Bonchev–Trinajstić information content (AvgIpc) is 3.20. The first-order valence-electron chi connectivity index (χ1n) is 11.0. The van der Waals surface area contributed by atoms with Gasteiger partial charge in [0.15, 0.2) is 0 Å². The fourth-order valence-corrected chi connectivity index (χ4v) is 4.45. The molecule has 4 rings (SSSR count).